The topological polar surface area (TPSA) is 25.8 Å². The second-order valence-corrected chi connectivity index (χ2v) is 4.29. The lowest BCUT2D eigenvalue weighted by Gasteiger charge is -2.00. The highest BCUT2D eigenvalue weighted by atomic mass is 31.0. The van der Waals surface area contributed by atoms with Gasteiger partial charge in [-0.05, 0) is 22.7 Å². The van der Waals surface area contributed by atoms with Gasteiger partial charge in [0.15, 0.2) is 0 Å². The molecule has 2 aromatic rings. The summed E-state index contributed by atoms with van der Waals surface area (Å²) in [5.41, 5.74) is 1.81. The SMILES string of the molecule is Pc1ccc(-c2ccc(P)cn2)nc1. The lowest BCUT2D eigenvalue weighted by molar-refractivity contribution is 1.26. The predicted octanol–water partition coefficient (Wildman–Crippen LogP) is 1.14. The summed E-state index contributed by atoms with van der Waals surface area (Å²) in [6, 6.07) is 7.94. The summed E-state index contributed by atoms with van der Waals surface area (Å²) >= 11 is 0. The fraction of sp³-hybridized carbons (Fsp3) is 0. The number of aromatic nitrogens is 2. The average Bonchev–Trinajstić information content (AvgIpc) is 2.21. The van der Waals surface area contributed by atoms with E-state index in [0.29, 0.717) is 0 Å². The molecule has 0 radical (unpaired) electrons. The molecule has 2 aromatic heterocycles. The van der Waals surface area contributed by atoms with Gasteiger partial charge in [0, 0.05) is 12.4 Å². The van der Waals surface area contributed by atoms with Crippen molar-refractivity contribution in [3.8, 4) is 11.4 Å². The van der Waals surface area contributed by atoms with Gasteiger partial charge in [0.1, 0.15) is 0 Å². The van der Waals surface area contributed by atoms with Gasteiger partial charge in [-0.15, -0.1) is 18.5 Å². The van der Waals surface area contributed by atoms with Gasteiger partial charge in [0.05, 0.1) is 11.4 Å². The molecule has 2 nitrogen and oxygen atoms in total. The van der Waals surface area contributed by atoms with E-state index in [0.717, 1.165) is 22.0 Å². The Morgan fingerprint density at radius 2 is 1.14 bits per heavy atom. The van der Waals surface area contributed by atoms with Gasteiger partial charge in [0.25, 0.3) is 0 Å². The zero-order chi connectivity index (χ0) is 9.97. The fourth-order valence-electron chi connectivity index (χ4n) is 1.11. The van der Waals surface area contributed by atoms with Crippen molar-refractivity contribution in [1.82, 2.24) is 9.97 Å². The van der Waals surface area contributed by atoms with Crippen LogP contribution in [0, 0.1) is 0 Å². The van der Waals surface area contributed by atoms with E-state index in [2.05, 4.69) is 28.4 Å². The van der Waals surface area contributed by atoms with Crippen LogP contribution in [-0.2, 0) is 0 Å². The maximum absolute atomic E-state index is 4.29. The molecule has 0 spiro atoms. The maximum Gasteiger partial charge on any atom is 0.0886 e. The number of rotatable bonds is 1. The molecule has 0 aliphatic rings. The second kappa shape index (κ2) is 4.13. The van der Waals surface area contributed by atoms with Gasteiger partial charge in [-0.3, -0.25) is 9.97 Å². The molecule has 2 heterocycles. The molecule has 2 rings (SSSR count). The normalized spacial score (nSPS) is 10.1. The molecule has 4 heteroatoms. The molecule has 0 bridgehead atoms. The minimum Gasteiger partial charge on any atom is -0.254 e. The summed E-state index contributed by atoms with van der Waals surface area (Å²) in [6.07, 6.45) is 3.63. The molecule has 0 N–H and O–H groups in total. The van der Waals surface area contributed by atoms with Crippen molar-refractivity contribution in [2.24, 2.45) is 0 Å². The molecule has 0 aliphatic carbocycles. The molecule has 2 atom stereocenters. The first-order chi connectivity index (χ1) is 6.75. The third-order valence-corrected chi connectivity index (χ3v) is 2.52. The van der Waals surface area contributed by atoms with Crippen molar-refractivity contribution in [3.63, 3.8) is 0 Å². The van der Waals surface area contributed by atoms with Crippen molar-refractivity contribution >= 4 is 29.1 Å². The number of hydrogen-bond acceptors (Lipinski definition) is 2. The van der Waals surface area contributed by atoms with Gasteiger partial charge >= 0.3 is 0 Å². The van der Waals surface area contributed by atoms with Crippen LogP contribution in [0.3, 0.4) is 0 Å². The fourth-order valence-corrected chi connectivity index (χ4v) is 1.46. The Labute approximate surface area is 87.6 Å². The molecule has 2 unspecified atom stereocenters. The van der Waals surface area contributed by atoms with Crippen LogP contribution in [0.4, 0.5) is 0 Å². The van der Waals surface area contributed by atoms with Crippen LogP contribution >= 0.6 is 18.5 Å². The van der Waals surface area contributed by atoms with Gasteiger partial charge in [-0.25, -0.2) is 0 Å². The van der Waals surface area contributed by atoms with Gasteiger partial charge in [0.2, 0.25) is 0 Å². The van der Waals surface area contributed by atoms with Crippen molar-refractivity contribution < 1.29 is 0 Å². The Morgan fingerprint density at radius 1 is 0.714 bits per heavy atom. The molecule has 70 valence electrons. The quantitative estimate of drug-likeness (QED) is 0.673. The summed E-state index contributed by atoms with van der Waals surface area (Å²) < 4.78 is 0. The highest BCUT2D eigenvalue weighted by Crippen LogP contribution is 2.11. The maximum atomic E-state index is 4.29. The standard InChI is InChI=1S/C10H10N2P2/c13-7-1-3-9(11-5-7)10-4-2-8(14)6-12-10/h1-6H,13-14H2. The van der Waals surface area contributed by atoms with Crippen molar-refractivity contribution in [2.75, 3.05) is 0 Å². The largest absolute Gasteiger partial charge is 0.254 e. The van der Waals surface area contributed by atoms with E-state index in [1.165, 1.54) is 0 Å². The zero-order valence-corrected chi connectivity index (χ0v) is 9.82. The predicted molar refractivity (Wildman–Crippen MR) is 66.2 cm³/mol. The molecule has 0 saturated carbocycles. The Morgan fingerprint density at radius 3 is 1.43 bits per heavy atom. The Hall–Kier alpha value is -0.840. The van der Waals surface area contributed by atoms with Gasteiger partial charge in [-0.2, -0.15) is 0 Å². The van der Waals surface area contributed by atoms with Crippen LogP contribution in [0.25, 0.3) is 11.4 Å². The molecule has 14 heavy (non-hydrogen) atoms. The number of nitrogens with zero attached hydrogens (tertiary/aromatic N) is 2. The first-order valence-electron chi connectivity index (χ1n) is 4.19. The molecule has 0 fully saturated rings. The lowest BCUT2D eigenvalue weighted by atomic mass is 10.2. The zero-order valence-electron chi connectivity index (χ0n) is 7.51. The van der Waals surface area contributed by atoms with E-state index in [9.17, 15) is 0 Å². The van der Waals surface area contributed by atoms with Crippen LogP contribution in [0.15, 0.2) is 36.7 Å². The van der Waals surface area contributed by atoms with Gasteiger partial charge < -0.3 is 0 Å². The Balaban J connectivity index is 2.40. The lowest BCUT2D eigenvalue weighted by Crippen LogP contribution is -1.96. The molecule has 0 aromatic carbocycles. The second-order valence-electron chi connectivity index (χ2n) is 2.95. The monoisotopic (exact) mass is 220 g/mol. The van der Waals surface area contributed by atoms with E-state index in [-0.39, 0.29) is 0 Å². The smallest absolute Gasteiger partial charge is 0.0886 e. The summed E-state index contributed by atoms with van der Waals surface area (Å²) in [6.45, 7) is 0. The summed E-state index contributed by atoms with van der Waals surface area (Å²) in [5.74, 6) is 0. The van der Waals surface area contributed by atoms with E-state index in [1.54, 1.807) is 0 Å². The highest BCUT2D eigenvalue weighted by Gasteiger charge is 1.98. The minimum absolute atomic E-state index is 0.904. The van der Waals surface area contributed by atoms with Crippen molar-refractivity contribution in [2.45, 2.75) is 0 Å². The van der Waals surface area contributed by atoms with Gasteiger partial charge in [-0.1, -0.05) is 12.1 Å². The van der Waals surface area contributed by atoms with E-state index >= 15 is 0 Å². The summed E-state index contributed by atoms with van der Waals surface area (Å²) in [5, 5.41) is 2.16. The Kier molecular flexibility index (Phi) is 2.86. The highest BCUT2D eigenvalue weighted by molar-refractivity contribution is 7.27. The molecular formula is C10H10N2P2. The number of hydrogen-bond donors (Lipinski definition) is 0. The average molecular weight is 220 g/mol. The van der Waals surface area contributed by atoms with Crippen molar-refractivity contribution in [1.29, 1.82) is 0 Å². The molecule has 0 aliphatic heterocycles. The van der Waals surface area contributed by atoms with Crippen LogP contribution in [0.2, 0.25) is 0 Å². The third-order valence-electron chi connectivity index (χ3n) is 1.84. The number of pyridine rings is 2. The first-order valence-corrected chi connectivity index (χ1v) is 5.34. The van der Waals surface area contributed by atoms with E-state index < -0.39 is 0 Å². The molecular weight excluding hydrogens is 210 g/mol. The van der Waals surface area contributed by atoms with E-state index in [4.69, 9.17) is 0 Å². The van der Waals surface area contributed by atoms with Crippen LogP contribution in [0.5, 0.6) is 0 Å². The third kappa shape index (κ3) is 2.15. The van der Waals surface area contributed by atoms with Crippen molar-refractivity contribution in [3.05, 3.63) is 36.7 Å². The molecule has 0 saturated heterocycles. The summed E-state index contributed by atoms with van der Waals surface area (Å²) in [7, 11) is 5.22. The van der Waals surface area contributed by atoms with Crippen LogP contribution in [-0.4, -0.2) is 9.97 Å². The molecule has 0 amide bonds. The first kappa shape index (κ1) is 9.71. The summed E-state index contributed by atoms with van der Waals surface area (Å²) in [4.78, 5) is 8.58. The van der Waals surface area contributed by atoms with Crippen LogP contribution < -0.4 is 10.6 Å². The van der Waals surface area contributed by atoms with E-state index in [1.807, 2.05) is 36.7 Å². The van der Waals surface area contributed by atoms with Crippen LogP contribution in [0.1, 0.15) is 0 Å². The minimum atomic E-state index is 0.904. The Bertz CT molecular complexity index is 379.